The largest absolute Gasteiger partial charge is 0.353 e. The van der Waals surface area contributed by atoms with E-state index in [0.29, 0.717) is 29.3 Å². The summed E-state index contributed by atoms with van der Waals surface area (Å²) < 4.78 is 13.4. The molecule has 5 nitrogen and oxygen atoms in total. The van der Waals surface area contributed by atoms with E-state index in [1.54, 1.807) is 24.3 Å². The molecular weight excluding hydrogens is 381 g/mol. The first-order valence-corrected chi connectivity index (χ1v) is 10.9. The molecule has 0 saturated heterocycles. The quantitative estimate of drug-likeness (QED) is 0.776. The number of hydrogen-bond acceptors (Lipinski definition) is 3. The summed E-state index contributed by atoms with van der Waals surface area (Å²) in [5.74, 6) is -0.393. The summed E-state index contributed by atoms with van der Waals surface area (Å²) in [6.07, 6.45) is 9.45. The van der Waals surface area contributed by atoms with Crippen LogP contribution in [0.25, 0.3) is 11.3 Å². The standard InChI is InChI=1S/C24H28FN3O2/c25-19-7-3-5-16(13-19)22-12-11-18(15-26-22)24(30)28-21-10-4-6-17(14-21)23(29)27-20-8-1-2-9-20/h3,5,7,11-13,15,17,20-21H,1-2,4,6,8-10,14H2,(H,27,29)(H,28,30). The van der Waals surface area contributed by atoms with Gasteiger partial charge in [-0.15, -0.1) is 0 Å². The average Bonchev–Trinajstić information content (AvgIpc) is 3.27. The SMILES string of the molecule is O=C(NC1CCCC(C(=O)NC2CCCC2)C1)c1ccc(-c2cccc(F)c2)nc1. The summed E-state index contributed by atoms with van der Waals surface area (Å²) in [7, 11) is 0. The third-order valence-electron chi connectivity index (χ3n) is 6.23. The summed E-state index contributed by atoms with van der Waals surface area (Å²) in [5, 5.41) is 6.25. The Morgan fingerprint density at radius 2 is 1.73 bits per heavy atom. The van der Waals surface area contributed by atoms with Gasteiger partial charge in [0.1, 0.15) is 5.82 Å². The first-order chi connectivity index (χ1) is 14.6. The third kappa shape index (κ3) is 5.04. The minimum absolute atomic E-state index is 0.00604. The number of carbonyl (C=O) groups is 2. The number of amides is 2. The zero-order valence-corrected chi connectivity index (χ0v) is 17.1. The molecule has 6 heteroatoms. The van der Waals surface area contributed by atoms with Crippen molar-refractivity contribution in [1.82, 2.24) is 15.6 Å². The average molecular weight is 410 g/mol. The van der Waals surface area contributed by atoms with Crippen molar-refractivity contribution in [3.05, 3.63) is 54.0 Å². The lowest BCUT2D eigenvalue weighted by molar-refractivity contribution is -0.126. The van der Waals surface area contributed by atoms with Gasteiger partial charge < -0.3 is 10.6 Å². The lowest BCUT2D eigenvalue weighted by Crippen LogP contribution is -2.44. The van der Waals surface area contributed by atoms with Crippen LogP contribution in [0.15, 0.2) is 42.6 Å². The molecule has 0 bridgehead atoms. The van der Waals surface area contributed by atoms with Crippen LogP contribution in [-0.4, -0.2) is 28.9 Å². The van der Waals surface area contributed by atoms with E-state index in [9.17, 15) is 14.0 Å². The van der Waals surface area contributed by atoms with Crippen molar-refractivity contribution >= 4 is 11.8 Å². The molecule has 1 aromatic heterocycles. The van der Waals surface area contributed by atoms with Crippen LogP contribution in [-0.2, 0) is 4.79 Å². The van der Waals surface area contributed by atoms with Crippen LogP contribution in [0.2, 0.25) is 0 Å². The molecule has 2 unspecified atom stereocenters. The minimum Gasteiger partial charge on any atom is -0.353 e. The molecule has 4 rings (SSSR count). The molecular formula is C24H28FN3O2. The molecule has 2 aliphatic carbocycles. The van der Waals surface area contributed by atoms with E-state index in [0.717, 1.165) is 32.1 Å². The molecule has 158 valence electrons. The van der Waals surface area contributed by atoms with Gasteiger partial charge in [0.25, 0.3) is 5.91 Å². The Hall–Kier alpha value is -2.76. The monoisotopic (exact) mass is 409 g/mol. The predicted molar refractivity (Wildman–Crippen MR) is 113 cm³/mol. The maximum absolute atomic E-state index is 13.4. The summed E-state index contributed by atoms with van der Waals surface area (Å²) in [5.41, 5.74) is 1.76. The van der Waals surface area contributed by atoms with Crippen molar-refractivity contribution < 1.29 is 14.0 Å². The number of benzene rings is 1. The summed E-state index contributed by atoms with van der Waals surface area (Å²) in [4.78, 5) is 29.6. The van der Waals surface area contributed by atoms with Gasteiger partial charge in [-0.25, -0.2) is 4.39 Å². The molecule has 0 aliphatic heterocycles. The fourth-order valence-electron chi connectivity index (χ4n) is 4.56. The van der Waals surface area contributed by atoms with E-state index in [1.807, 2.05) is 0 Å². The van der Waals surface area contributed by atoms with Gasteiger partial charge in [0.2, 0.25) is 5.91 Å². The molecule has 30 heavy (non-hydrogen) atoms. The van der Waals surface area contributed by atoms with E-state index in [-0.39, 0.29) is 29.6 Å². The van der Waals surface area contributed by atoms with Crippen LogP contribution in [0.5, 0.6) is 0 Å². The molecule has 1 heterocycles. The molecule has 2 aromatic rings. The minimum atomic E-state index is -0.319. The van der Waals surface area contributed by atoms with E-state index in [1.165, 1.54) is 31.2 Å². The molecule has 2 aliphatic rings. The van der Waals surface area contributed by atoms with Gasteiger partial charge in [0, 0.05) is 29.8 Å². The molecule has 2 saturated carbocycles. The topological polar surface area (TPSA) is 71.1 Å². The summed E-state index contributed by atoms with van der Waals surface area (Å²) >= 11 is 0. The second kappa shape index (κ2) is 9.37. The number of nitrogens with one attached hydrogen (secondary N) is 2. The van der Waals surface area contributed by atoms with Gasteiger partial charge in [0.15, 0.2) is 0 Å². The number of hydrogen-bond donors (Lipinski definition) is 2. The summed E-state index contributed by atoms with van der Waals surface area (Å²) in [6, 6.07) is 9.97. The van der Waals surface area contributed by atoms with Gasteiger partial charge in [-0.3, -0.25) is 14.6 Å². The molecule has 2 N–H and O–H groups in total. The summed E-state index contributed by atoms with van der Waals surface area (Å²) in [6.45, 7) is 0. The highest BCUT2D eigenvalue weighted by Crippen LogP contribution is 2.26. The van der Waals surface area contributed by atoms with Crippen LogP contribution < -0.4 is 10.6 Å². The van der Waals surface area contributed by atoms with Crippen molar-refractivity contribution in [2.45, 2.75) is 63.5 Å². The highest BCUT2D eigenvalue weighted by Gasteiger charge is 2.30. The molecule has 1 aromatic carbocycles. The number of halogens is 1. The van der Waals surface area contributed by atoms with Gasteiger partial charge >= 0.3 is 0 Å². The van der Waals surface area contributed by atoms with E-state index in [4.69, 9.17) is 0 Å². The fraction of sp³-hybridized carbons (Fsp3) is 0.458. The van der Waals surface area contributed by atoms with Crippen molar-refractivity contribution in [2.75, 3.05) is 0 Å². The molecule has 2 fully saturated rings. The Labute approximate surface area is 176 Å². The number of nitrogens with zero attached hydrogens (tertiary/aromatic N) is 1. The lowest BCUT2D eigenvalue weighted by atomic mass is 9.84. The maximum atomic E-state index is 13.4. The Morgan fingerprint density at radius 3 is 2.47 bits per heavy atom. The third-order valence-corrected chi connectivity index (χ3v) is 6.23. The highest BCUT2D eigenvalue weighted by atomic mass is 19.1. The Kier molecular flexibility index (Phi) is 6.41. The first-order valence-electron chi connectivity index (χ1n) is 10.9. The molecule has 0 spiro atoms. The fourth-order valence-corrected chi connectivity index (χ4v) is 4.56. The second-order valence-electron chi connectivity index (χ2n) is 8.47. The van der Waals surface area contributed by atoms with Crippen molar-refractivity contribution in [3.8, 4) is 11.3 Å². The second-order valence-corrected chi connectivity index (χ2v) is 8.47. The Balaban J connectivity index is 1.33. The van der Waals surface area contributed by atoms with Crippen LogP contribution in [0.4, 0.5) is 4.39 Å². The van der Waals surface area contributed by atoms with Crippen LogP contribution in [0.1, 0.15) is 61.7 Å². The molecule has 0 radical (unpaired) electrons. The smallest absolute Gasteiger partial charge is 0.253 e. The van der Waals surface area contributed by atoms with E-state index in [2.05, 4.69) is 15.6 Å². The Morgan fingerprint density at radius 1 is 0.933 bits per heavy atom. The van der Waals surface area contributed by atoms with Crippen LogP contribution >= 0.6 is 0 Å². The van der Waals surface area contributed by atoms with Gasteiger partial charge in [-0.05, 0) is 56.4 Å². The van der Waals surface area contributed by atoms with Crippen molar-refractivity contribution in [2.24, 2.45) is 5.92 Å². The van der Waals surface area contributed by atoms with Crippen molar-refractivity contribution in [1.29, 1.82) is 0 Å². The number of pyridine rings is 1. The normalized spacial score (nSPS) is 21.9. The van der Waals surface area contributed by atoms with Gasteiger partial charge in [-0.1, -0.05) is 31.4 Å². The molecule has 2 atom stereocenters. The van der Waals surface area contributed by atoms with Crippen LogP contribution in [0.3, 0.4) is 0 Å². The number of rotatable bonds is 5. The van der Waals surface area contributed by atoms with Gasteiger partial charge in [0.05, 0.1) is 11.3 Å². The predicted octanol–water partition coefficient (Wildman–Crippen LogP) is 4.24. The number of carbonyl (C=O) groups excluding carboxylic acids is 2. The Bertz CT molecular complexity index is 894. The lowest BCUT2D eigenvalue weighted by Gasteiger charge is -2.30. The highest BCUT2D eigenvalue weighted by molar-refractivity contribution is 5.94. The zero-order valence-electron chi connectivity index (χ0n) is 17.1. The van der Waals surface area contributed by atoms with Gasteiger partial charge in [-0.2, -0.15) is 0 Å². The number of aromatic nitrogens is 1. The van der Waals surface area contributed by atoms with Crippen molar-refractivity contribution in [3.63, 3.8) is 0 Å². The first kappa shape index (κ1) is 20.5. The van der Waals surface area contributed by atoms with E-state index >= 15 is 0 Å². The van der Waals surface area contributed by atoms with Crippen LogP contribution in [0, 0.1) is 11.7 Å². The zero-order chi connectivity index (χ0) is 20.9. The maximum Gasteiger partial charge on any atom is 0.253 e. The van der Waals surface area contributed by atoms with E-state index < -0.39 is 0 Å². The molecule has 2 amide bonds.